The molecule has 0 N–H and O–H groups in total. The van der Waals surface area contributed by atoms with Gasteiger partial charge < -0.3 is 0 Å². The van der Waals surface area contributed by atoms with Crippen LogP contribution < -0.4 is 0 Å². The van der Waals surface area contributed by atoms with Crippen LogP contribution in [0.2, 0.25) is 0 Å². The van der Waals surface area contributed by atoms with Crippen LogP contribution in [0.5, 0.6) is 0 Å². The van der Waals surface area contributed by atoms with Gasteiger partial charge in [-0.15, -0.1) is 12.6 Å². The Kier molecular flexibility index (Phi) is 4.79. The van der Waals surface area contributed by atoms with Gasteiger partial charge >= 0.3 is 0 Å². The average Bonchev–Trinajstić information content (AvgIpc) is 2.21. The third-order valence-corrected chi connectivity index (χ3v) is 3.87. The molecule has 0 saturated carbocycles. The van der Waals surface area contributed by atoms with Crippen LogP contribution in [0.25, 0.3) is 0 Å². The Morgan fingerprint density at radius 1 is 1.18 bits per heavy atom. The first-order chi connectivity index (χ1) is 7.75. The van der Waals surface area contributed by atoms with E-state index in [1.54, 1.807) is 5.41 Å². The fourth-order valence-electron chi connectivity index (χ4n) is 1.93. The molecular formula is C15H22S2. The number of thiol groups is 2. The van der Waals surface area contributed by atoms with Gasteiger partial charge in [-0.1, -0.05) is 32.9 Å². The van der Waals surface area contributed by atoms with Crippen LogP contribution in [0, 0.1) is 13.8 Å². The Bertz CT molecular complexity index is 414. The normalized spacial score (nSPS) is 13.0. The number of allylic oxidation sites excluding steroid dienone is 1. The number of hydrogen-bond donors (Lipinski definition) is 2. The molecule has 0 amide bonds. The summed E-state index contributed by atoms with van der Waals surface area (Å²) in [6.45, 7) is 11.1. The fourth-order valence-corrected chi connectivity index (χ4v) is 2.18. The smallest absolute Gasteiger partial charge is 0.00421 e. The number of hydrogen-bond acceptors (Lipinski definition) is 2. The third kappa shape index (κ3) is 3.82. The molecule has 0 atom stereocenters. The highest BCUT2D eigenvalue weighted by Gasteiger charge is 2.16. The number of aryl methyl sites for hydroxylation is 2. The number of rotatable bonds is 2. The summed E-state index contributed by atoms with van der Waals surface area (Å²) in [6.07, 6.45) is 0.870. The van der Waals surface area contributed by atoms with Gasteiger partial charge in [-0.25, -0.2) is 0 Å². The van der Waals surface area contributed by atoms with Gasteiger partial charge in [0.25, 0.3) is 0 Å². The SMILES string of the molecule is Cc1cc(C(C)(C)C)cc(C)c1CC(S)=CS. The van der Waals surface area contributed by atoms with Crippen LogP contribution in [-0.2, 0) is 11.8 Å². The summed E-state index contributed by atoms with van der Waals surface area (Å²) in [4.78, 5) is 1.00. The highest BCUT2D eigenvalue weighted by Crippen LogP contribution is 2.28. The zero-order chi connectivity index (χ0) is 13.2. The highest BCUT2D eigenvalue weighted by atomic mass is 32.1. The van der Waals surface area contributed by atoms with Crippen molar-refractivity contribution in [1.29, 1.82) is 0 Å². The fraction of sp³-hybridized carbons (Fsp3) is 0.467. The van der Waals surface area contributed by atoms with Gasteiger partial charge in [-0.3, -0.25) is 0 Å². The van der Waals surface area contributed by atoms with Crippen LogP contribution in [0.1, 0.15) is 43.0 Å². The quantitative estimate of drug-likeness (QED) is 0.703. The minimum Gasteiger partial charge on any atom is -0.151 e. The van der Waals surface area contributed by atoms with E-state index in [0.29, 0.717) is 0 Å². The van der Waals surface area contributed by atoms with E-state index in [1.165, 1.54) is 22.3 Å². The Hall–Kier alpha value is -0.340. The van der Waals surface area contributed by atoms with E-state index < -0.39 is 0 Å². The van der Waals surface area contributed by atoms with Crippen molar-refractivity contribution in [3.8, 4) is 0 Å². The lowest BCUT2D eigenvalue weighted by Crippen LogP contribution is -2.12. The molecule has 0 bridgehead atoms. The molecule has 94 valence electrons. The second-order valence-electron chi connectivity index (χ2n) is 5.64. The van der Waals surface area contributed by atoms with Crippen molar-refractivity contribution < 1.29 is 0 Å². The lowest BCUT2D eigenvalue weighted by molar-refractivity contribution is 0.589. The molecule has 0 aliphatic heterocycles. The van der Waals surface area contributed by atoms with Crippen LogP contribution in [0.15, 0.2) is 22.4 Å². The molecule has 0 unspecified atom stereocenters. The minimum absolute atomic E-state index is 0.206. The van der Waals surface area contributed by atoms with Crippen molar-refractivity contribution in [3.05, 3.63) is 44.7 Å². The molecule has 0 aromatic heterocycles. The maximum Gasteiger partial charge on any atom is 0.00421 e. The molecule has 0 saturated heterocycles. The molecule has 0 fully saturated rings. The zero-order valence-corrected chi connectivity index (χ0v) is 13.1. The molecule has 0 aliphatic rings. The molecule has 17 heavy (non-hydrogen) atoms. The molecule has 1 rings (SSSR count). The van der Waals surface area contributed by atoms with E-state index in [9.17, 15) is 0 Å². The summed E-state index contributed by atoms with van der Waals surface area (Å²) < 4.78 is 0. The summed E-state index contributed by atoms with van der Waals surface area (Å²) in [5, 5.41) is 1.76. The van der Waals surface area contributed by atoms with E-state index in [4.69, 9.17) is 0 Å². The summed E-state index contributed by atoms with van der Waals surface area (Å²) in [6, 6.07) is 4.59. The molecule has 0 spiro atoms. The van der Waals surface area contributed by atoms with Crippen LogP contribution in [0.3, 0.4) is 0 Å². The van der Waals surface area contributed by atoms with Gasteiger partial charge in [0, 0.05) is 6.42 Å². The van der Waals surface area contributed by atoms with Gasteiger partial charge in [-0.2, -0.15) is 12.6 Å². The Labute approximate surface area is 116 Å². The lowest BCUT2D eigenvalue weighted by atomic mass is 9.83. The monoisotopic (exact) mass is 266 g/mol. The van der Waals surface area contributed by atoms with Crippen molar-refractivity contribution in [2.24, 2.45) is 0 Å². The summed E-state index contributed by atoms with van der Waals surface area (Å²) in [5.74, 6) is 0. The number of benzene rings is 1. The van der Waals surface area contributed by atoms with Crippen molar-refractivity contribution >= 4 is 25.3 Å². The predicted molar refractivity (Wildman–Crippen MR) is 84.4 cm³/mol. The van der Waals surface area contributed by atoms with Gasteiger partial charge in [0.1, 0.15) is 0 Å². The molecule has 1 aromatic carbocycles. The Morgan fingerprint density at radius 2 is 1.65 bits per heavy atom. The second-order valence-corrected chi connectivity index (χ2v) is 6.47. The first-order valence-electron chi connectivity index (χ1n) is 5.88. The van der Waals surface area contributed by atoms with E-state index in [-0.39, 0.29) is 5.41 Å². The predicted octanol–water partition coefficient (Wildman–Crippen LogP) is 4.84. The summed E-state index contributed by atoms with van der Waals surface area (Å²) in [7, 11) is 0. The Balaban J connectivity index is 3.20. The van der Waals surface area contributed by atoms with Crippen LogP contribution >= 0.6 is 25.3 Å². The third-order valence-electron chi connectivity index (χ3n) is 3.07. The second kappa shape index (κ2) is 5.53. The Morgan fingerprint density at radius 3 is 2.00 bits per heavy atom. The van der Waals surface area contributed by atoms with Gasteiger partial charge in [-0.05, 0) is 51.8 Å². The van der Waals surface area contributed by atoms with E-state index in [1.807, 2.05) is 0 Å². The first kappa shape index (κ1) is 14.7. The van der Waals surface area contributed by atoms with Gasteiger partial charge in [0.2, 0.25) is 0 Å². The molecule has 0 radical (unpaired) electrons. The van der Waals surface area contributed by atoms with E-state index in [0.717, 1.165) is 11.3 Å². The molecule has 2 heteroatoms. The van der Waals surface area contributed by atoms with Crippen LogP contribution in [-0.4, -0.2) is 0 Å². The first-order valence-corrected chi connectivity index (χ1v) is 6.85. The molecule has 0 aliphatic carbocycles. The van der Waals surface area contributed by atoms with E-state index in [2.05, 4.69) is 72.0 Å². The molecule has 0 heterocycles. The summed E-state index contributed by atoms with van der Waals surface area (Å²) in [5.41, 5.74) is 5.66. The van der Waals surface area contributed by atoms with E-state index >= 15 is 0 Å². The molecular weight excluding hydrogens is 244 g/mol. The van der Waals surface area contributed by atoms with Crippen molar-refractivity contribution in [2.45, 2.75) is 46.5 Å². The summed E-state index contributed by atoms with van der Waals surface area (Å²) >= 11 is 8.55. The molecule has 1 aromatic rings. The lowest BCUT2D eigenvalue weighted by Gasteiger charge is -2.22. The minimum atomic E-state index is 0.206. The maximum atomic E-state index is 4.40. The largest absolute Gasteiger partial charge is 0.151 e. The van der Waals surface area contributed by atoms with Crippen molar-refractivity contribution in [3.63, 3.8) is 0 Å². The van der Waals surface area contributed by atoms with Crippen LogP contribution in [0.4, 0.5) is 0 Å². The van der Waals surface area contributed by atoms with Gasteiger partial charge in [0.05, 0.1) is 0 Å². The topological polar surface area (TPSA) is 0 Å². The highest BCUT2D eigenvalue weighted by molar-refractivity contribution is 7.87. The van der Waals surface area contributed by atoms with Gasteiger partial charge in [0.15, 0.2) is 0 Å². The zero-order valence-electron chi connectivity index (χ0n) is 11.3. The standard InChI is InChI=1S/C15H22S2/c1-10-6-12(15(3,4)5)7-11(2)14(10)8-13(17)9-16/h6-7,9,16-17H,8H2,1-5H3. The average molecular weight is 266 g/mol. The maximum absolute atomic E-state index is 4.40. The molecule has 0 nitrogen and oxygen atoms in total. The van der Waals surface area contributed by atoms with Crippen molar-refractivity contribution in [2.75, 3.05) is 0 Å². The van der Waals surface area contributed by atoms with Crippen molar-refractivity contribution in [1.82, 2.24) is 0 Å².